The molecular weight excluding hydrogens is 214 g/mol. The van der Waals surface area contributed by atoms with Crippen LogP contribution in [0, 0.1) is 5.92 Å². The zero-order chi connectivity index (χ0) is 12.3. The summed E-state index contributed by atoms with van der Waals surface area (Å²) in [6.07, 6.45) is 8.41. The van der Waals surface area contributed by atoms with Crippen LogP contribution in [0.2, 0.25) is 0 Å². The van der Waals surface area contributed by atoms with Gasteiger partial charge in [0.1, 0.15) is 0 Å². The van der Waals surface area contributed by atoms with Crippen molar-refractivity contribution in [2.75, 3.05) is 6.54 Å². The molecule has 1 unspecified atom stereocenters. The number of nitrogens with two attached hydrogens (primary N) is 1. The molecule has 1 atom stereocenters. The van der Waals surface area contributed by atoms with E-state index in [1.54, 1.807) is 0 Å². The van der Waals surface area contributed by atoms with Crippen molar-refractivity contribution in [2.45, 2.75) is 63.5 Å². The van der Waals surface area contributed by atoms with Gasteiger partial charge in [0.25, 0.3) is 0 Å². The molecule has 0 aromatic rings. The number of carbonyl (C=O) groups is 1. The van der Waals surface area contributed by atoms with Crippen molar-refractivity contribution in [2.24, 2.45) is 11.7 Å². The van der Waals surface area contributed by atoms with Gasteiger partial charge in [-0.15, -0.1) is 0 Å². The molecule has 0 aromatic carbocycles. The van der Waals surface area contributed by atoms with E-state index in [1.807, 2.05) is 0 Å². The van der Waals surface area contributed by atoms with Crippen molar-refractivity contribution in [1.82, 2.24) is 10.6 Å². The van der Waals surface area contributed by atoms with Gasteiger partial charge in [-0.1, -0.05) is 19.3 Å². The van der Waals surface area contributed by atoms with Crippen molar-refractivity contribution in [1.29, 1.82) is 0 Å². The Morgan fingerprint density at radius 1 is 1.24 bits per heavy atom. The van der Waals surface area contributed by atoms with Gasteiger partial charge >= 0.3 is 6.03 Å². The van der Waals surface area contributed by atoms with E-state index in [1.165, 1.54) is 32.1 Å². The second-order valence-corrected chi connectivity index (χ2v) is 5.83. The average Bonchev–Trinajstić information content (AvgIpc) is 3.14. The largest absolute Gasteiger partial charge is 0.335 e. The topological polar surface area (TPSA) is 67.1 Å². The van der Waals surface area contributed by atoms with Gasteiger partial charge in [-0.3, -0.25) is 0 Å². The summed E-state index contributed by atoms with van der Waals surface area (Å²) in [5.74, 6) is 0.574. The van der Waals surface area contributed by atoms with Gasteiger partial charge in [-0.05, 0) is 38.5 Å². The Kier molecular flexibility index (Phi) is 3.92. The van der Waals surface area contributed by atoms with E-state index in [0.29, 0.717) is 18.5 Å². The Morgan fingerprint density at radius 2 is 1.88 bits per heavy atom. The fourth-order valence-corrected chi connectivity index (χ4v) is 2.77. The van der Waals surface area contributed by atoms with Crippen molar-refractivity contribution < 1.29 is 4.79 Å². The summed E-state index contributed by atoms with van der Waals surface area (Å²) in [5, 5.41) is 6.16. The second kappa shape index (κ2) is 5.25. The van der Waals surface area contributed by atoms with Crippen LogP contribution in [-0.2, 0) is 0 Å². The highest BCUT2D eigenvalue weighted by molar-refractivity contribution is 5.75. The molecule has 2 saturated carbocycles. The van der Waals surface area contributed by atoms with Gasteiger partial charge in [0, 0.05) is 12.6 Å². The number of urea groups is 1. The van der Waals surface area contributed by atoms with Crippen LogP contribution in [0.3, 0.4) is 0 Å². The molecule has 0 aromatic heterocycles. The lowest BCUT2D eigenvalue weighted by molar-refractivity contribution is 0.215. The SMILES string of the molecule is CC(CN)(NC(=O)NC1CCCCC1)C1CC1. The summed E-state index contributed by atoms with van der Waals surface area (Å²) >= 11 is 0. The molecule has 2 rings (SSSR count). The monoisotopic (exact) mass is 239 g/mol. The Balaban J connectivity index is 1.79. The third-order valence-corrected chi connectivity index (χ3v) is 4.24. The first-order chi connectivity index (χ1) is 8.14. The fraction of sp³-hybridized carbons (Fsp3) is 0.923. The molecule has 4 nitrogen and oxygen atoms in total. The van der Waals surface area contributed by atoms with Crippen LogP contribution in [0.5, 0.6) is 0 Å². The van der Waals surface area contributed by atoms with Crippen LogP contribution in [0.15, 0.2) is 0 Å². The Bertz CT molecular complexity index is 272. The first kappa shape index (κ1) is 12.7. The molecule has 2 fully saturated rings. The van der Waals surface area contributed by atoms with E-state index < -0.39 is 0 Å². The molecule has 17 heavy (non-hydrogen) atoms. The molecule has 98 valence electrons. The Labute approximate surface area is 104 Å². The molecule has 0 aliphatic heterocycles. The highest BCUT2D eigenvalue weighted by Crippen LogP contribution is 2.38. The van der Waals surface area contributed by atoms with Crippen LogP contribution >= 0.6 is 0 Å². The van der Waals surface area contributed by atoms with Crippen LogP contribution in [0.4, 0.5) is 4.79 Å². The van der Waals surface area contributed by atoms with Crippen molar-refractivity contribution in [3.05, 3.63) is 0 Å². The lowest BCUT2D eigenvalue weighted by Gasteiger charge is -2.31. The summed E-state index contributed by atoms with van der Waals surface area (Å²) in [4.78, 5) is 11.9. The van der Waals surface area contributed by atoms with Crippen LogP contribution in [0.25, 0.3) is 0 Å². The van der Waals surface area contributed by atoms with E-state index in [-0.39, 0.29) is 11.6 Å². The van der Waals surface area contributed by atoms with Crippen LogP contribution < -0.4 is 16.4 Å². The molecule has 2 aliphatic rings. The molecule has 0 saturated heterocycles. The molecule has 0 bridgehead atoms. The maximum Gasteiger partial charge on any atom is 0.315 e. The predicted octanol–water partition coefficient (Wildman–Crippen LogP) is 1.75. The molecule has 0 heterocycles. The van der Waals surface area contributed by atoms with Crippen molar-refractivity contribution >= 4 is 6.03 Å². The number of hydrogen-bond acceptors (Lipinski definition) is 2. The van der Waals surface area contributed by atoms with Gasteiger partial charge in [0.05, 0.1) is 5.54 Å². The molecule has 2 aliphatic carbocycles. The molecule has 4 heteroatoms. The zero-order valence-corrected chi connectivity index (χ0v) is 10.8. The summed E-state index contributed by atoms with van der Waals surface area (Å²) in [7, 11) is 0. The van der Waals surface area contributed by atoms with E-state index >= 15 is 0 Å². The molecular formula is C13H25N3O. The molecule has 0 spiro atoms. The molecule has 0 radical (unpaired) electrons. The standard InChI is InChI=1S/C13H25N3O/c1-13(9-14,10-7-8-10)16-12(17)15-11-5-3-2-4-6-11/h10-11H,2-9,14H2,1H3,(H2,15,16,17). The first-order valence-electron chi connectivity index (χ1n) is 6.93. The fourth-order valence-electron chi connectivity index (χ4n) is 2.77. The lowest BCUT2D eigenvalue weighted by atomic mass is 9.95. The quantitative estimate of drug-likeness (QED) is 0.699. The number of carbonyl (C=O) groups excluding carboxylic acids is 1. The number of nitrogens with one attached hydrogen (secondary N) is 2. The van der Waals surface area contributed by atoms with Crippen LogP contribution in [0.1, 0.15) is 51.9 Å². The third kappa shape index (κ3) is 3.35. The summed E-state index contributed by atoms with van der Waals surface area (Å²) < 4.78 is 0. The minimum Gasteiger partial charge on any atom is -0.335 e. The Morgan fingerprint density at radius 3 is 2.41 bits per heavy atom. The highest BCUT2D eigenvalue weighted by Gasteiger charge is 2.41. The van der Waals surface area contributed by atoms with Crippen molar-refractivity contribution in [3.8, 4) is 0 Å². The highest BCUT2D eigenvalue weighted by atomic mass is 16.2. The zero-order valence-electron chi connectivity index (χ0n) is 10.8. The lowest BCUT2D eigenvalue weighted by Crippen LogP contribution is -2.57. The second-order valence-electron chi connectivity index (χ2n) is 5.83. The summed E-state index contributed by atoms with van der Waals surface area (Å²) in [6.45, 7) is 2.58. The minimum absolute atomic E-state index is 0.0308. The van der Waals surface area contributed by atoms with Gasteiger partial charge in [-0.2, -0.15) is 0 Å². The smallest absolute Gasteiger partial charge is 0.315 e. The van der Waals surface area contributed by atoms with Crippen LogP contribution in [-0.4, -0.2) is 24.2 Å². The van der Waals surface area contributed by atoms with Gasteiger partial charge in [0.15, 0.2) is 0 Å². The predicted molar refractivity (Wildman–Crippen MR) is 68.7 cm³/mol. The van der Waals surface area contributed by atoms with E-state index in [0.717, 1.165) is 12.8 Å². The average molecular weight is 239 g/mol. The number of hydrogen-bond donors (Lipinski definition) is 3. The normalized spacial score (nSPS) is 25.1. The van der Waals surface area contributed by atoms with E-state index in [4.69, 9.17) is 5.73 Å². The Hall–Kier alpha value is -0.770. The summed E-state index contributed by atoms with van der Waals surface area (Å²) in [5.41, 5.74) is 5.58. The third-order valence-electron chi connectivity index (χ3n) is 4.24. The first-order valence-corrected chi connectivity index (χ1v) is 6.93. The molecule has 2 amide bonds. The maximum absolute atomic E-state index is 11.9. The van der Waals surface area contributed by atoms with E-state index in [2.05, 4.69) is 17.6 Å². The van der Waals surface area contributed by atoms with E-state index in [9.17, 15) is 4.79 Å². The number of amides is 2. The van der Waals surface area contributed by atoms with Gasteiger partial charge in [0.2, 0.25) is 0 Å². The van der Waals surface area contributed by atoms with Gasteiger partial charge in [-0.25, -0.2) is 4.79 Å². The van der Waals surface area contributed by atoms with Crippen molar-refractivity contribution in [3.63, 3.8) is 0 Å². The summed E-state index contributed by atoms with van der Waals surface area (Å²) in [6, 6.07) is 0.335. The minimum atomic E-state index is -0.210. The number of rotatable bonds is 4. The maximum atomic E-state index is 11.9. The molecule has 4 N–H and O–H groups in total. The van der Waals surface area contributed by atoms with Gasteiger partial charge < -0.3 is 16.4 Å².